The molecule has 3 aromatic rings. The number of anilines is 2. The topological polar surface area (TPSA) is 61.4 Å². The number of amides is 2. The Bertz CT molecular complexity index is 1200. The molecule has 184 valence electrons. The second-order valence-corrected chi connectivity index (χ2v) is 8.63. The van der Waals surface area contributed by atoms with Crippen LogP contribution in [0.4, 0.5) is 24.5 Å². The normalized spacial score (nSPS) is 12.3. The molecule has 0 aliphatic carbocycles. The van der Waals surface area contributed by atoms with Gasteiger partial charge in [-0.05, 0) is 55.8 Å². The van der Waals surface area contributed by atoms with Gasteiger partial charge in [0.25, 0.3) is 0 Å². The number of carbonyl (C=O) groups is 2. The fourth-order valence-corrected chi connectivity index (χ4v) is 4.01. The minimum atomic E-state index is -4.67. The van der Waals surface area contributed by atoms with Crippen LogP contribution in [0, 0.1) is 13.8 Å². The summed E-state index contributed by atoms with van der Waals surface area (Å²) < 4.78 is 39.7. The van der Waals surface area contributed by atoms with Crippen LogP contribution in [0.1, 0.15) is 28.3 Å². The second-order valence-electron chi connectivity index (χ2n) is 8.22. The molecule has 0 saturated carbocycles. The third kappa shape index (κ3) is 6.61. The van der Waals surface area contributed by atoms with Gasteiger partial charge in [0.1, 0.15) is 6.04 Å². The molecule has 1 unspecified atom stereocenters. The summed E-state index contributed by atoms with van der Waals surface area (Å²) in [6, 6.07) is 16.6. The lowest BCUT2D eigenvalue weighted by Crippen LogP contribution is -2.39. The molecule has 0 saturated heterocycles. The van der Waals surface area contributed by atoms with Gasteiger partial charge >= 0.3 is 6.18 Å². The van der Waals surface area contributed by atoms with Crippen LogP contribution in [0.2, 0.25) is 5.02 Å². The molecule has 0 aliphatic heterocycles. The molecule has 0 spiro atoms. The molecular weight excluding hydrogens is 479 g/mol. The fraction of sp³-hybridized carbons (Fsp3) is 0.231. The minimum Gasteiger partial charge on any atom is -0.324 e. The third-order valence-electron chi connectivity index (χ3n) is 5.48. The van der Waals surface area contributed by atoms with Crippen LogP contribution in [0.3, 0.4) is 0 Å². The Labute approximate surface area is 206 Å². The predicted molar refractivity (Wildman–Crippen MR) is 131 cm³/mol. The average molecular weight is 504 g/mol. The van der Waals surface area contributed by atoms with E-state index in [9.17, 15) is 22.8 Å². The highest BCUT2D eigenvalue weighted by Crippen LogP contribution is 2.36. The number of likely N-dealkylation sites (N-methyl/N-ethyl adjacent to an activating group) is 1. The maximum absolute atomic E-state index is 13.2. The maximum Gasteiger partial charge on any atom is 0.417 e. The highest BCUT2D eigenvalue weighted by Gasteiger charge is 2.34. The molecule has 3 aromatic carbocycles. The number of aryl methyl sites for hydroxylation is 2. The van der Waals surface area contributed by atoms with E-state index in [2.05, 4.69) is 10.6 Å². The van der Waals surface area contributed by atoms with E-state index in [4.69, 9.17) is 11.6 Å². The molecule has 5 nitrogen and oxygen atoms in total. The smallest absolute Gasteiger partial charge is 0.324 e. The van der Waals surface area contributed by atoms with E-state index in [0.717, 1.165) is 23.3 Å². The van der Waals surface area contributed by atoms with Gasteiger partial charge in [-0.15, -0.1) is 0 Å². The Morgan fingerprint density at radius 3 is 2.17 bits per heavy atom. The van der Waals surface area contributed by atoms with E-state index < -0.39 is 28.7 Å². The molecule has 35 heavy (non-hydrogen) atoms. The lowest BCUT2D eigenvalue weighted by molar-refractivity contribution is -0.137. The molecule has 0 bridgehead atoms. The van der Waals surface area contributed by atoms with E-state index in [1.807, 2.05) is 32.0 Å². The van der Waals surface area contributed by atoms with Crippen molar-refractivity contribution in [2.75, 3.05) is 24.2 Å². The van der Waals surface area contributed by atoms with E-state index in [-0.39, 0.29) is 18.1 Å². The van der Waals surface area contributed by atoms with Crippen molar-refractivity contribution in [1.82, 2.24) is 4.90 Å². The van der Waals surface area contributed by atoms with E-state index in [0.29, 0.717) is 11.3 Å². The summed E-state index contributed by atoms with van der Waals surface area (Å²) in [5, 5.41) is 4.95. The van der Waals surface area contributed by atoms with Crippen LogP contribution in [-0.2, 0) is 15.8 Å². The summed E-state index contributed by atoms with van der Waals surface area (Å²) in [7, 11) is 1.60. The van der Waals surface area contributed by atoms with Crippen molar-refractivity contribution < 1.29 is 22.8 Å². The quantitative estimate of drug-likeness (QED) is 0.402. The van der Waals surface area contributed by atoms with Gasteiger partial charge in [-0.2, -0.15) is 13.2 Å². The summed E-state index contributed by atoms with van der Waals surface area (Å²) in [5.41, 5.74) is 1.99. The molecular formula is C26H25ClF3N3O2. The standard InChI is InChI=1S/C26H25ClF3N3O2/c1-16-8-7-9-17(2)23(16)32-22(34)15-33(3)24(18-10-5-4-6-11-18)25(35)31-19-12-13-21(27)20(14-19)26(28,29)30/h4-14,24H,15H2,1-3H3,(H,31,35)(H,32,34). The van der Waals surface area contributed by atoms with Gasteiger partial charge in [-0.3, -0.25) is 14.5 Å². The number of carbonyl (C=O) groups excluding carboxylic acids is 2. The van der Waals surface area contributed by atoms with Crippen molar-refractivity contribution in [3.05, 3.63) is 94.0 Å². The SMILES string of the molecule is Cc1cccc(C)c1NC(=O)CN(C)C(C(=O)Nc1ccc(Cl)c(C(F)(F)F)c1)c1ccccc1. The van der Waals surface area contributed by atoms with E-state index >= 15 is 0 Å². The van der Waals surface area contributed by atoms with Gasteiger partial charge in [0.15, 0.2) is 0 Å². The molecule has 2 amide bonds. The first-order valence-electron chi connectivity index (χ1n) is 10.8. The molecule has 0 aliphatic rings. The molecule has 2 N–H and O–H groups in total. The highest BCUT2D eigenvalue weighted by molar-refractivity contribution is 6.31. The van der Waals surface area contributed by atoms with Crippen molar-refractivity contribution >= 4 is 34.8 Å². The van der Waals surface area contributed by atoms with Gasteiger partial charge < -0.3 is 10.6 Å². The van der Waals surface area contributed by atoms with Gasteiger partial charge in [0, 0.05) is 11.4 Å². The van der Waals surface area contributed by atoms with Crippen molar-refractivity contribution in [3.63, 3.8) is 0 Å². The van der Waals surface area contributed by atoms with Crippen LogP contribution < -0.4 is 10.6 Å². The molecule has 0 fully saturated rings. The Morgan fingerprint density at radius 2 is 1.57 bits per heavy atom. The third-order valence-corrected chi connectivity index (χ3v) is 5.81. The lowest BCUT2D eigenvalue weighted by Gasteiger charge is -2.27. The average Bonchev–Trinajstić information content (AvgIpc) is 2.78. The summed E-state index contributed by atoms with van der Waals surface area (Å²) >= 11 is 5.69. The Hall–Kier alpha value is -3.36. The van der Waals surface area contributed by atoms with Crippen LogP contribution in [-0.4, -0.2) is 30.3 Å². The zero-order valence-electron chi connectivity index (χ0n) is 19.4. The van der Waals surface area contributed by atoms with Crippen LogP contribution in [0.15, 0.2) is 66.7 Å². The van der Waals surface area contributed by atoms with Gasteiger partial charge in [0.2, 0.25) is 11.8 Å². The number of halogens is 4. The first-order valence-corrected chi connectivity index (χ1v) is 11.1. The number of nitrogens with one attached hydrogen (secondary N) is 2. The first-order chi connectivity index (χ1) is 16.5. The van der Waals surface area contributed by atoms with Crippen LogP contribution in [0.25, 0.3) is 0 Å². The molecule has 3 rings (SSSR count). The van der Waals surface area contributed by atoms with Crippen molar-refractivity contribution in [2.45, 2.75) is 26.1 Å². The second kappa shape index (κ2) is 10.9. The fourth-order valence-electron chi connectivity index (χ4n) is 3.78. The van der Waals surface area contributed by atoms with Crippen molar-refractivity contribution in [2.24, 2.45) is 0 Å². The number of para-hydroxylation sites is 1. The van der Waals surface area contributed by atoms with E-state index in [1.54, 1.807) is 37.4 Å². The number of hydrogen-bond acceptors (Lipinski definition) is 3. The predicted octanol–water partition coefficient (Wildman–Crippen LogP) is 6.23. The zero-order chi connectivity index (χ0) is 25.8. The number of benzene rings is 3. The van der Waals surface area contributed by atoms with Gasteiger partial charge in [0.05, 0.1) is 17.1 Å². The Morgan fingerprint density at radius 1 is 0.943 bits per heavy atom. The lowest BCUT2D eigenvalue weighted by atomic mass is 10.0. The van der Waals surface area contributed by atoms with Gasteiger partial charge in [-0.25, -0.2) is 0 Å². The first kappa shape index (κ1) is 26.2. The molecule has 0 heterocycles. The number of alkyl halides is 3. The highest BCUT2D eigenvalue weighted by atomic mass is 35.5. The van der Waals surface area contributed by atoms with Crippen molar-refractivity contribution in [1.29, 1.82) is 0 Å². The molecule has 0 radical (unpaired) electrons. The number of hydrogen-bond donors (Lipinski definition) is 2. The zero-order valence-corrected chi connectivity index (χ0v) is 20.2. The summed E-state index contributed by atoms with van der Waals surface area (Å²) in [4.78, 5) is 27.6. The monoisotopic (exact) mass is 503 g/mol. The molecule has 9 heteroatoms. The summed E-state index contributed by atoms with van der Waals surface area (Å²) in [6.07, 6.45) is -4.67. The minimum absolute atomic E-state index is 0.0546. The van der Waals surface area contributed by atoms with Crippen LogP contribution in [0.5, 0.6) is 0 Å². The van der Waals surface area contributed by atoms with Crippen molar-refractivity contribution in [3.8, 4) is 0 Å². The maximum atomic E-state index is 13.2. The largest absolute Gasteiger partial charge is 0.417 e. The van der Waals surface area contributed by atoms with E-state index in [1.165, 1.54) is 11.0 Å². The molecule has 1 atom stereocenters. The summed E-state index contributed by atoms with van der Waals surface area (Å²) in [6.45, 7) is 3.64. The van der Waals surface area contributed by atoms with Crippen LogP contribution >= 0.6 is 11.6 Å². The Balaban J connectivity index is 1.83. The van der Waals surface area contributed by atoms with Gasteiger partial charge in [-0.1, -0.05) is 60.1 Å². The summed E-state index contributed by atoms with van der Waals surface area (Å²) in [5.74, 6) is -0.918. The number of nitrogens with zero attached hydrogens (tertiary/aromatic N) is 1. The molecule has 0 aromatic heterocycles. The Kier molecular flexibility index (Phi) is 8.19. The number of rotatable bonds is 7.